The molecule has 11 rings (SSSR count). The van der Waals surface area contributed by atoms with Crippen molar-refractivity contribution < 1.29 is 0 Å². The Morgan fingerprint density at radius 2 is 0.903 bits per heavy atom. The summed E-state index contributed by atoms with van der Waals surface area (Å²) in [6.07, 6.45) is 1.78. The largest absolute Gasteiger partial charge is 0.236 e. The van der Waals surface area contributed by atoms with Gasteiger partial charge in [-0.2, -0.15) is 0 Å². The van der Waals surface area contributed by atoms with Crippen molar-refractivity contribution in [3.05, 3.63) is 203 Å². The van der Waals surface area contributed by atoms with E-state index in [1.54, 1.807) is 6.20 Å². The van der Waals surface area contributed by atoms with E-state index in [4.69, 9.17) is 29.9 Å². The topological polar surface area (TPSA) is 77.3 Å². The summed E-state index contributed by atoms with van der Waals surface area (Å²) in [5.41, 5.74) is 12.6. The maximum Gasteiger partial charge on any atom is 0.164 e. The van der Waals surface area contributed by atoms with Gasteiger partial charge in [0.1, 0.15) is 0 Å². The first kappa shape index (κ1) is 37.7. The molecule has 292 valence electrons. The average molecular weight is 925 g/mol. The third-order valence-corrected chi connectivity index (χ3v) is 12.0. The minimum atomic E-state index is 0.554. The van der Waals surface area contributed by atoms with Crippen molar-refractivity contribution in [2.24, 2.45) is 0 Å². The molecule has 0 aliphatic rings. The summed E-state index contributed by atoms with van der Waals surface area (Å²) in [6.45, 7) is 0. The fraction of sp³-hybridized carbons (Fsp3) is 0. The SMILES string of the molecule is Brc1cc(-c2ccc3c(-c4ccc5ccccc5c4)nc(-c4cccc(Br)c4)nc3n2)cc(-c2nc(-c3cc(-c4ccccc4)cc(-c4ccccc4)c3)c3cccnc3n2)c1. The quantitative estimate of drug-likeness (QED) is 0.158. The van der Waals surface area contributed by atoms with Crippen molar-refractivity contribution >= 4 is 64.7 Å². The Balaban J connectivity index is 1.06. The lowest BCUT2D eigenvalue weighted by Crippen LogP contribution is -1.99. The van der Waals surface area contributed by atoms with Crippen molar-refractivity contribution in [2.75, 3.05) is 0 Å². The van der Waals surface area contributed by atoms with Crippen LogP contribution in [0.25, 0.3) is 112 Å². The van der Waals surface area contributed by atoms with Gasteiger partial charge in [0.25, 0.3) is 0 Å². The van der Waals surface area contributed by atoms with E-state index in [2.05, 4.69) is 159 Å². The summed E-state index contributed by atoms with van der Waals surface area (Å²) < 4.78 is 1.81. The second-order valence-corrected chi connectivity index (χ2v) is 16.9. The highest BCUT2D eigenvalue weighted by Gasteiger charge is 2.18. The number of pyridine rings is 2. The van der Waals surface area contributed by atoms with E-state index in [1.807, 2.05) is 60.7 Å². The van der Waals surface area contributed by atoms with Gasteiger partial charge in [-0.25, -0.2) is 29.9 Å². The predicted molar refractivity (Wildman–Crippen MR) is 259 cm³/mol. The molecule has 6 nitrogen and oxygen atoms in total. The highest BCUT2D eigenvalue weighted by atomic mass is 79.9. The fourth-order valence-corrected chi connectivity index (χ4v) is 8.91. The zero-order valence-electron chi connectivity index (χ0n) is 32.9. The lowest BCUT2D eigenvalue weighted by atomic mass is 9.94. The van der Waals surface area contributed by atoms with Crippen molar-refractivity contribution in [2.45, 2.75) is 0 Å². The Morgan fingerprint density at radius 3 is 1.66 bits per heavy atom. The van der Waals surface area contributed by atoms with E-state index in [0.717, 1.165) is 92.3 Å². The zero-order valence-corrected chi connectivity index (χ0v) is 36.1. The molecular formula is C54H32Br2N6. The van der Waals surface area contributed by atoms with E-state index >= 15 is 0 Å². The highest BCUT2D eigenvalue weighted by molar-refractivity contribution is 9.10. The minimum absolute atomic E-state index is 0.554. The molecule has 0 radical (unpaired) electrons. The van der Waals surface area contributed by atoms with Crippen LogP contribution in [-0.2, 0) is 0 Å². The van der Waals surface area contributed by atoms with Crippen molar-refractivity contribution in [3.8, 4) is 78.8 Å². The number of halogens is 2. The Morgan fingerprint density at radius 1 is 0.306 bits per heavy atom. The second kappa shape index (κ2) is 16.0. The van der Waals surface area contributed by atoms with Gasteiger partial charge in [-0.15, -0.1) is 0 Å². The van der Waals surface area contributed by atoms with Gasteiger partial charge < -0.3 is 0 Å². The summed E-state index contributed by atoms with van der Waals surface area (Å²) in [4.78, 5) is 30.6. The van der Waals surface area contributed by atoms with Crippen LogP contribution in [0.5, 0.6) is 0 Å². The summed E-state index contributed by atoms with van der Waals surface area (Å²) in [5.74, 6) is 1.15. The zero-order chi connectivity index (χ0) is 41.6. The second-order valence-electron chi connectivity index (χ2n) is 15.1. The lowest BCUT2D eigenvalue weighted by Gasteiger charge is -2.14. The van der Waals surface area contributed by atoms with Crippen LogP contribution in [0.3, 0.4) is 0 Å². The molecule has 7 aromatic carbocycles. The third kappa shape index (κ3) is 7.33. The standard InChI is InChI=1S/C54H32Br2N6/c55-44-18-9-17-38(30-44)51-59-49(37-21-20-35-15-7-8-16-36(35)25-37)47-22-23-48(58-54(47)62-51)41-29-43(32-45(56)31-41)52-60-50(46-19-10-24-57-53(46)61-52)42-27-39(33-11-3-1-4-12-33)26-40(28-42)34-13-5-2-6-14-34/h1-32H. The van der Waals surface area contributed by atoms with E-state index in [1.165, 1.54) is 5.39 Å². The number of rotatable bonds is 7. The van der Waals surface area contributed by atoms with Crippen LogP contribution < -0.4 is 0 Å². The predicted octanol–water partition coefficient (Wildman–Crippen LogP) is 14.7. The molecule has 0 spiro atoms. The number of hydrogen-bond acceptors (Lipinski definition) is 6. The maximum absolute atomic E-state index is 5.34. The summed E-state index contributed by atoms with van der Waals surface area (Å²) in [6, 6.07) is 64.7. The molecule has 11 aromatic rings. The first-order valence-electron chi connectivity index (χ1n) is 20.1. The lowest BCUT2D eigenvalue weighted by molar-refractivity contribution is 1.18. The molecule has 0 aliphatic carbocycles. The van der Waals surface area contributed by atoms with Gasteiger partial charge in [0.05, 0.1) is 17.1 Å². The molecule has 0 amide bonds. The van der Waals surface area contributed by atoms with Gasteiger partial charge in [0.2, 0.25) is 0 Å². The molecule has 0 unspecified atom stereocenters. The number of fused-ring (bicyclic) bond motifs is 3. The van der Waals surface area contributed by atoms with E-state index in [9.17, 15) is 0 Å². The summed E-state index contributed by atoms with van der Waals surface area (Å²) in [7, 11) is 0. The van der Waals surface area contributed by atoms with Crippen LogP contribution in [0.1, 0.15) is 0 Å². The van der Waals surface area contributed by atoms with Gasteiger partial charge >= 0.3 is 0 Å². The Kier molecular flexibility index (Phi) is 9.72. The normalized spacial score (nSPS) is 11.4. The molecule has 4 aromatic heterocycles. The van der Waals surface area contributed by atoms with Crippen LogP contribution >= 0.6 is 31.9 Å². The maximum atomic E-state index is 5.34. The van der Waals surface area contributed by atoms with Crippen LogP contribution in [0.15, 0.2) is 203 Å². The summed E-state index contributed by atoms with van der Waals surface area (Å²) >= 11 is 7.46. The highest BCUT2D eigenvalue weighted by Crippen LogP contribution is 2.38. The van der Waals surface area contributed by atoms with Crippen LogP contribution in [0.4, 0.5) is 0 Å². The molecule has 62 heavy (non-hydrogen) atoms. The fourth-order valence-electron chi connectivity index (χ4n) is 8.02. The van der Waals surface area contributed by atoms with Crippen LogP contribution in [0, 0.1) is 0 Å². The molecule has 8 heteroatoms. The van der Waals surface area contributed by atoms with Crippen molar-refractivity contribution in [1.29, 1.82) is 0 Å². The molecule has 0 aliphatic heterocycles. The Bertz CT molecular complexity index is 3450. The molecule has 0 bridgehead atoms. The first-order valence-corrected chi connectivity index (χ1v) is 21.7. The van der Waals surface area contributed by atoms with E-state index < -0.39 is 0 Å². The molecule has 0 saturated heterocycles. The van der Waals surface area contributed by atoms with Crippen LogP contribution in [-0.4, -0.2) is 29.9 Å². The Hall–Kier alpha value is -7.26. The molecular weight excluding hydrogens is 892 g/mol. The number of aromatic nitrogens is 6. The molecule has 4 heterocycles. The average Bonchev–Trinajstić information content (AvgIpc) is 3.33. The van der Waals surface area contributed by atoms with Gasteiger partial charge in [0, 0.05) is 53.7 Å². The monoisotopic (exact) mass is 922 g/mol. The Labute approximate surface area is 374 Å². The molecule has 0 atom stereocenters. The summed E-state index contributed by atoms with van der Waals surface area (Å²) in [5, 5.41) is 4.04. The van der Waals surface area contributed by atoms with Gasteiger partial charge in [0.15, 0.2) is 22.9 Å². The van der Waals surface area contributed by atoms with Crippen molar-refractivity contribution in [3.63, 3.8) is 0 Å². The number of hydrogen-bond donors (Lipinski definition) is 0. The molecule has 0 fully saturated rings. The number of benzene rings is 7. The van der Waals surface area contributed by atoms with Gasteiger partial charge in [-0.05, 0) is 112 Å². The third-order valence-electron chi connectivity index (χ3n) is 11.0. The smallest absolute Gasteiger partial charge is 0.164 e. The number of nitrogens with zero attached hydrogens (tertiary/aromatic N) is 6. The van der Waals surface area contributed by atoms with E-state index in [0.29, 0.717) is 22.9 Å². The molecule has 0 saturated carbocycles. The first-order chi connectivity index (χ1) is 30.5. The van der Waals surface area contributed by atoms with Gasteiger partial charge in [-0.1, -0.05) is 141 Å². The minimum Gasteiger partial charge on any atom is -0.236 e. The van der Waals surface area contributed by atoms with Gasteiger partial charge in [-0.3, -0.25) is 0 Å². The van der Waals surface area contributed by atoms with E-state index in [-0.39, 0.29) is 0 Å². The van der Waals surface area contributed by atoms with Crippen LogP contribution in [0.2, 0.25) is 0 Å². The molecule has 0 N–H and O–H groups in total. The van der Waals surface area contributed by atoms with Crippen molar-refractivity contribution in [1.82, 2.24) is 29.9 Å².